The molecular formula is C21H24N2O. The molecule has 0 aliphatic rings. The molecule has 124 valence electrons. The fraction of sp³-hybridized carbons (Fsp3) is 0.286. The zero-order valence-corrected chi connectivity index (χ0v) is 14.8. The van der Waals surface area contributed by atoms with Gasteiger partial charge in [-0.1, -0.05) is 61.9 Å². The summed E-state index contributed by atoms with van der Waals surface area (Å²) in [4.78, 5) is 12.6. The lowest BCUT2D eigenvalue weighted by Gasteiger charge is -2.13. The van der Waals surface area contributed by atoms with Crippen molar-refractivity contribution in [3.05, 3.63) is 75.6 Å². The van der Waals surface area contributed by atoms with Gasteiger partial charge in [-0.15, -0.1) is 0 Å². The van der Waals surface area contributed by atoms with Crippen LogP contribution < -0.4 is 5.56 Å². The Morgan fingerprint density at radius 3 is 2.29 bits per heavy atom. The number of nitrogens with zero attached hydrogens (tertiary/aromatic N) is 1. The number of hydrogen-bond donors (Lipinski definition) is 1. The van der Waals surface area contributed by atoms with E-state index in [4.69, 9.17) is 0 Å². The SMILES string of the molecule is Cc1ccc(-c2c(CC(C)C)c(=O)[nH]n2-c2ccccc2C)cc1. The van der Waals surface area contributed by atoms with Crippen LogP contribution in [0.2, 0.25) is 0 Å². The van der Waals surface area contributed by atoms with E-state index in [9.17, 15) is 4.79 Å². The highest BCUT2D eigenvalue weighted by atomic mass is 16.1. The van der Waals surface area contributed by atoms with Crippen molar-refractivity contribution in [3.63, 3.8) is 0 Å². The molecule has 0 saturated carbocycles. The van der Waals surface area contributed by atoms with Crippen LogP contribution >= 0.6 is 0 Å². The Labute approximate surface area is 143 Å². The third-order valence-electron chi connectivity index (χ3n) is 4.29. The minimum atomic E-state index is 0.00234. The lowest BCUT2D eigenvalue weighted by molar-refractivity contribution is 0.645. The Bertz CT molecular complexity index is 898. The molecule has 0 aliphatic carbocycles. The second-order valence-electron chi connectivity index (χ2n) is 6.85. The van der Waals surface area contributed by atoms with Gasteiger partial charge in [0, 0.05) is 11.1 Å². The highest BCUT2D eigenvalue weighted by Gasteiger charge is 2.19. The Morgan fingerprint density at radius 1 is 1.00 bits per heavy atom. The number of benzene rings is 2. The first-order valence-corrected chi connectivity index (χ1v) is 8.44. The van der Waals surface area contributed by atoms with Gasteiger partial charge in [-0.3, -0.25) is 14.6 Å². The maximum atomic E-state index is 12.6. The minimum absolute atomic E-state index is 0.00234. The van der Waals surface area contributed by atoms with Crippen LogP contribution in [0, 0.1) is 19.8 Å². The van der Waals surface area contributed by atoms with Gasteiger partial charge < -0.3 is 0 Å². The largest absolute Gasteiger partial charge is 0.268 e. The smallest absolute Gasteiger partial charge is 0.268 e. The molecule has 3 rings (SSSR count). The van der Waals surface area contributed by atoms with Crippen LogP contribution in [0.25, 0.3) is 16.9 Å². The van der Waals surface area contributed by atoms with Crippen molar-refractivity contribution in [2.24, 2.45) is 5.92 Å². The van der Waals surface area contributed by atoms with Crippen LogP contribution in [0.5, 0.6) is 0 Å². The molecule has 2 aromatic carbocycles. The lowest BCUT2D eigenvalue weighted by atomic mass is 9.99. The quantitative estimate of drug-likeness (QED) is 0.746. The van der Waals surface area contributed by atoms with E-state index in [1.807, 2.05) is 22.9 Å². The van der Waals surface area contributed by atoms with Gasteiger partial charge in [0.05, 0.1) is 11.4 Å². The Kier molecular flexibility index (Phi) is 4.43. The van der Waals surface area contributed by atoms with Gasteiger partial charge in [-0.25, -0.2) is 0 Å². The minimum Gasteiger partial charge on any atom is -0.268 e. The number of hydrogen-bond acceptors (Lipinski definition) is 1. The fourth-order valence-electron chi connectivity index (χ4n) is 3.07. The summed E-state index contributed by atoms with van der Waals surface area (Å²) >= 11 is 0. The zero-order valence-electron chi connectivity index (χ0n) is 14.8. The summed E-state index contributed by atoms with van der Waals surface area (Å²) < 4.78 is 1.94. The zero-order chi connectivity index (χ0) is 17.3. The predicted molar refractivity (Wildman–Crippen MR) is 99.8 cm³/mol. The third kappa shape index (κ3) is 3.07. The predicted octanol–water partition coefficient (Wildman–Crippen LogP) is 4.65. The average molecular weight is 320 g/mol. The number of rotatable bonds is 4. The van der Waals surface area contributed by atoms with E-state index in [0.29, 0.717) is 5.92 Å². The van der Waals surface area contributed by atoms with Crippen molar-refractivity contribution < 1.29 is 0 Å². The molecule has 0 fully saturated rings. The summed E-state index contributed by atoms with van der Waals surface area (Å²) in [6, 6.07) is 16.5. The Morgan fingerprint density at radius 2 is 1.67 bits per heavy atom. The molecule has 0 saturated heterocycles. The molecule has 0 radical (unpaired) electrons. The van der Waals surface area contributed by atoms with Gasteiger partial charge in [0.15, 0.2) is 0 Å². The molecule has 1 N–H and O–H groups in total. The van der Waals surface area contributed by atoms with Crippen LogP contribution in [-0.2, 0) is 6.42 Å². The first-order valence-electron chi connectivity index (χ1n) is 8.44. The van der Waals surface area contributed by atoms with E-state index in [-0.39, 0.29) is 5.56 Å². The molecule has 0 bridgehead atoms. The number of aromatic nitrogens is 2. The van der Waals surface area contributed by atoms with E-state index in [1.54, 1.807) is 0 Å². The van der Waals surface area contributed by atoms with Crippen molar-refractivity contribution in [2.75, 3.05) is 0 Å². The van der Waals surface area contributed by atoms with Crippen molar-refractivity contribution in [1.29, 1.82) is 0 Å². The molecule has 0 amide bonds. The van der Waals surface area contributed by atoms with Gasteiger partial charge in [0.25, 0.3) is 5.56 Å². The second kappa shape index (κ2) is 6.52. The Hall–Kier alpha value is -2.55. The van der Waals surface area contributed by atoms with E-state index in [0.717, 1.165) is 34.5 Å². The summed E-state index contributed by atoms with van der Waals surface area (Å²) in [5, 5.41) is 3.05. The summed E-state index contributed by atoms with van der Waals surface area (Å²) in [5.41, 5.74) is 6.26. The maximum Gasteiger partial charge on any atom is 0.268 e. The summed E-state index contributed by atoms with van der Waals surface area (Å²) in [5.74, 6) is 0.419. The molecule has 0 spiro atoms. The molecule has 24 heavy (non-hydrogen) atoms. The summed E-state index contributed by atoms with van der Waals surface area (Å²) in [7, 11) is 0. The normalized spacial score (nSPS) is 11.2. The Balaban J connectivity index is 2.28. The second-order valence-corrected chi connectivity index (χ2v) is 6.85. The van der Waals surface area contributed by atoms with Crippen LogP contribution in [0.3, 0.4) is 0 Å². The molecule has 3 heteroatoms. The van der Waals surface area contributed by atoms with E-state index in [2.05, 4.69) is 63.1 Å². The van der Waals surface area contributed by atoms with Crippen molar-refractivity contribution >= 4 is 0 Å². The highest BCUT2D eigenvalue weighted by Crippen LogP contribution is 2.27. The number of nitrogens with one attached hydrogen (secondary N) is 1. The topological polar surface area (TPSA) is 37.8 Å². The molecule has 1 aromatic heterocycles. The first kappa shape index (κ1) is 16.3. The molecule has 0 unspecified atom stereocenters. The van der Waals surface area contributed by atoms with Crippen molar-refractivity contribution in [2.45, 2.75) is 34.1 Å². The van der Waals surface area contributed by atoms with Gasteiger partial charge >= 0.3 is 0 Å². The number of aryl methyl sites for hydroxylation is 2. The standard InChI is InChI=1S/C21H24N2O/c1-14(2)13-18-20(17-11-9-15(3)10-12-17)23(22-21(18)24)19-8-6-5-7-16(19)4/h5-12,14H,13H2,1-4H3,(H,22,24). The molecule has 1 heterocycles. The van der Waals surface area contributed by atoms with Gasteiger partial charge in [-0.2, -0.15) is 0 Å². The third-order valence-corrected chi connectivity index (χ3v) is 4.29. The van der Waals surface area contributed by atoms with Gasteiger partial charge in [0.2, 0.25) is 0 Å². The van der Waals surface area contributed by atoms with Crippen molar-refractivity contribution in [3.8, 4) is 16.9 Å². The monoisotopic (exact) mass is 320 g/mol. The fourth-order valence-corrected chi connectivity index (χ4v) is 3.07. The molecule has 3 nitrogen and oxygen atoms in total. The summed E-state index contributed by atoms with van der Waals surface area (Å²) in [6.07, 6.45) is 0.761. The maximum absolute atomic E-state index is 12.6. The van der Waals surface area contributed by atoms with Crippen molar-refractivity contribution in [1.82, 2.24) is 9.78 Å². The number of aromatic amines is 1. The van der Waals surface area contributed by atoms with E-state index < -0.39 is 0 Å². The van der Waals surface area contributed by atoms with E-state index in [1.165, 1.54) is 5.56 Å². The van der Waals surface area contributed by atoms with E-state index >= 15 is 0 Å². The van der Waals surface area contributed by atoms with Crippen LogP contribution in [0.4, 0.5) is 0 Å². The van der Waals surface area contributed by atoms with Gasteiger partial charge in [0.1, 0.15) is 0 Å². The highest BCUT2D eigenvalue weighted by molar-refractivity contribution is 5.66. The number of para-hydroxylation sites is 1. The molecular weight excluding hydrogens is 296 g/mol. The first-order chi connectivity index (χ1) is 11.5. The van der Waals surface area contributed by atoms with Crippen LogP contribution in [0.1, 0.15) is 30.5 Å². The number of H-pyrrole nitrogens is 1. The lowest BCUT2D eigenvalue weighted by Crippen LogP contribution is -2.09. The average Bonchev–Trinajstić information content (AvgIpc) is 2.85. The van der Waals surface area contributed by atoms with Crippen LogP contribution in [-0.4, -0.2) is 9.78 Å². The molecule has 0 aliphatic heterocycles. The molecule has 0 atom stereocenters. The van der Waals surface area contributed by atoms with Crippen LogP contribution in [0.15, 0.2) is 53.3 Å². The van der Waals surface area contributed by atoms with Gasteiger partial charge in [-0.05, 0) is 37.8 Å². The molecule has 3 aromatic rings. The summed E-state index contributed by atoms with van der Waals surface area (Å²) in [6.45, 7) is 8.42.